The average molecular weight is 389 g/mol. The van der Waals surface area contributed by atoms with E-state index in [-0.39, 0.29) is 0 Å². The Morgan fingerprint density at radius 3 is 2.34 bits per heavy atom. The van der Waals surface area contributed by atoms with E-state index in [2.05, 4.69) is 52.6 Å². The lowest BCUT2D eigenvalue weighted by atomic mass is 10.1. The van der Waals surface area contributed by atoms with Gasteiger partial charge in [-0.15, -0.1) is 0 Å². The highest BCUT2D eigenvalue weighted by atomic mass is 16.5. The number of aryl methyl sites for hydroxylation is 1. The molecule has 0 amide bonds. The van der Waals surface area contributed by atoms with Crippen molar-refractivity contribution in [2.75, 3.05) is 44.7 Å². The minimum Gasteiger partial charge on any atom is -0.494 e. The number of nitriles is 1. The monoisotopic (exact) mass is 388 g/mol. The minimum atomic E-state index is 0.646. The zero-order valence-electron chi connectivity index (χ0n) is 17.5. The van der Waals surface area contributed by atoms with E-state index in [1.807, 2.05) is 31.2 Å². The molecule has 0 spiro atoms. The number of ether oxygens (including phenoxy) is 1. The Kier molecular flexibility index (Phi) is 5.46. The van der Waals surface area contributed by atoms with Crippen molar-refractivity contribution in [2.45, 2.75) is 20.4 Å². The van der Waals surface area contributed by atoms with Crippen molar-refractivity contribution < 1.29 is 4.74 Å². The summed E-state index contributed by atoms with van der Waals surface area (Å²) >= 11 is 0. The minimum absolute atomic E-state index is 0.646. The molecule has 0 saturated carbocycles. The van der Waals surface area contributed by atoms with Crippen LogP contribution in [0.5, 0.6) is 5.75 Å². The van der Waals surface area contributed by atoms with E-state index in [4.69, 9.17) is 4.74 Å². The molecule has 1 aliphatic rings. The molecule has 0 bridgehead atoms. The summed E-state index contributed by atoms with van der Waals surface area (Å²) in [6, 6.07) is 17.1. The first kappa shape index (κ1) is 19.4. The van der Waals surface area contributed by atoms with Crippen LogP contribution in [0, 0.1) is 11.3 Å². The summed E-state index contributed by atoms with van der Waals surface area (Å²) in [7, 11) is 2.17. The predicted octanol–water partition coefficient (Wildman–Crippen LogP) is 4.35. The van der Waals surface area contributed by atoms with Crippen LogP contribution in [-0.2, 0) is 6.54 Å². The third kappa shape index (κ3) is 3.56. The van der Waals surface area contributed by atoms with Gasteiger partial charge in [0.1, 0.15) is 11.8 Å². The van der Waals surface area contributed by atoms with Gasteiger partial charge in [0.25, 0.3) is 0 Å². The molecule has 1 aliphatic heterocycles. The highest BCUT2D eigenvalue weighted by molar-refractivity contribution is 5.96. The zero-order chi connectivity index (χ0) is 20.4. The second-order valence-electron chi connectivity index (χ2n) is 7.53. The number of hydrogen-bond acceptors (Lipinski definition) is 4. The second-order valence-corrected chi connectivity index (χ2v) is 7.53. The van der Waals surface area contributed by atoms with Gasteiger partial charge >= 0.3 is 0 Å². The number of anilines is 1. The Hall–Kier alpha value is -2.97. The Morgan fingerprint density at radius 1 is 1.00 bits per heavy atom. The van der Waals surface area contributed by atoms with Crippen molar-refractivity contribution >= 4 is 16.6 Å². The Bertz CT molecular complexity index is 1040. The molecule has 5 heteroatoms. The van der Waals surface area contributed by atoms with Crippen LogP contribution >= 0.6 is 0 Å². The van der Waals surface area contributed by atoms with Gasteiger partial charge in [0.05, 0.1) is 23.4 Å². The predicted molar refractivity (Wildman–Crippen MR) is 119 cm³/mol. The van der Waals surface area contributed by atoms with Crippen molar-refractivity contribution in [1.29, 1.82) is 5.26 Å². The number of likely N-dealkylation sites (N-methyl/N-ethyl adjacent to an activating group) is 1. The SMILES string of the molecule is CCOc1ccc(-c2c(C#N)c3ccc(N4CCN(C)CC4)cc3n2CC)cc1. The molecule has 1 aromatic heterocycles. The lowest BCUT2D eigenvalue weighted by Gasteiger charge is -2.34. The van der Waals surface area contributed by atoms with Gasteiger partial charge in [0, 0.05) is 43.8 Å². The number of nitrogens with zero attached hydrogens (tertiary/aromatic N) is 4. The van der Waals surface area contributed by atoms with Crippen LogP contribution < -0.4 is 9.64 Å². The highest BCUT2D eigenvalue weighted by Gasteiger charge is 2.20. The third-order valence-corrected chi connectivity index (χ3v) is 5.78. The van der Waals surface area contributed by atoms with Gasteiger partial charge in [-0.3, -0.25) is 0 Å². The molecule has 1 saturated heterocycles. The van der Waals surface area contributed by atoms with E-state index in [0.29, 0.717) is 6.61 Å². The number of benzene rings is 2. The van der Waals surface area contributed by atoms with Gasteiger partial charge in [-0.2, -0.15) is 5.26 Å². The second kappa shape index (κ2) is 8.18. The maximum absolute atomic E-state index is 9.97. The molecular formula is C24H28N4O. The fourth-order valence-electron chi connectivity index (χ4n) is 4.22. The van der Waals surface area contributed by atoms with E-state index in [9.17, 15) is 5.26 Å². The first-order valence-corrected chi connectivity index (χ1v) is 10.4. The van der Waals surface area contributed by atoms with E-state index in [0.717, 1.165) is 66.2 Å². The van der Waals surface area contributed by atoms with E-state index < -0.39 is 0 Å². The van der Waals surface area contributed by atoms with Crippen LogP contribution in [0.4, 0.5) is 5.69 Å². The molecule has 2 aromatic carbocycles. The molecule has 0 N–H and O–H groups in total. The summed E-state index contributed by atoms with van der Waals surface area (Å²) in [5.41, 5.74) is 5.15. The quantitative estimate of drug-likeness (QED) is 0.652. The molecule has 5 nitrogen and oxygen atoms in total. The molecular weight excluding hydrogens is 360 g/mol. The lowest BCUT2D eigenvalue weighted by Crippen LogP contribution is -2.44. The number of piperazine rings is 1. The normalized spacial score (nSPS) is 14.9. The Labute approximate surface area is 172 Å². The van der Waals surface area contributed by atoms with Crippen LogP contribution in [0.25, 0.3) is 22.2 Å². The molecule has 4 rings (SSSR count). The van der Waals surface area contributed by atoms with Crippen LogP contribution in [0.15, 0.2) is 42.5 Å². The highest BCUT2D eigenvalue weighted by Crippen LogP contribution is 2.36. The smallest absolute Gasteiger partial charge is 0.119 e. The van der Waals surface area contributed by atoms with Crippen LogP contribution in [0.1, 0.15) is 19.4 Å². The van der Waals surface area contributed by atoms with Crippen molar-refractivity contribution in [3.8, 4) is 23.1 Å². The molecule has 1 fully saturated rings. The lowest BCUT2D eigenvalue weighted by molar-refractivity contribution is 0.313. The molecule has 0 atom stereocenters. The summed E-state index contributed by atoms with van der Waals surface area (Å²) in [4.78, 5) is 4.80. The van der Waals surface area contributed by atoms with E-state index in [1.54, 1.807) is 0 Å². The summed E-state index contributed by atoms with van der Waals surface area (Å²) in [5, 5.41) is 11.0. The van der Waals surface area contributed by atoms with E-state index >= 15 is 0 Å². The molecule has 0 radical (unpaired) electrons. The number of hydrogen-bond donors (Lipinski definition) is 0. The average Bonchev–Trinajstić information content (AvgIpc) is 3.07. The van der Waals surface area contributed by atoms with Gasteiger partial charge in [-0.05, 0) is 68.9 Å². The molecule has 0 aliphatic carbocycles. The molecule has 3 aromatic rings. The largest absolute Gasteiger partial charge is 0.494 e. The fourth-order valence-corrected chi connectivity index (χ4v) is 4.22. The summed E-state index contributed by atoms with van der Waals surface area (Å²) in [6.45, 7) is 9.80. The standard InChI is InChI=1S/C24H28N4O/c1-4-28-23-16-19(27-14-12-26(3)13-15-27)8-11-21(23)22(17-25)24(28)18-6-9-20(10-7-18)29-5-2/h6-11,16H,4-5,12-15H2,1-3H3. The summed E-state index contributed by atoms with van der Waals surface area (Å²) < 4.78 is 7.85. The third-order valence-electron chi connectivity index (χ3n) is 5.78. The van der Waals surface area contributed by atoms with Crippen LogP contribution in [-0.4, -0.2) is 49.3 Å². The van der Waals surface area contributed by atoms with Crippen LogP contribution in [0.2, 0.25) is 0 Å². The number of aromatic nitrogens is 1. The van der Waals surface area contributed by atoms with Gasteiger partial charge in [0.15, 0.2) is 0 Å². The fraction of sp³-hybridized carbons (Fsp3) is 0.375. The van der Waals surface area contributed by atoms with E-state index in [1.165, 1.54) is 5.69 Å². The molecule has 150 valence electrons. The van der Waals surface area contributed by atoms with Crippen LogP contribution in [0.3, 0.4) is 0 Å². The first-order valence-electron chi connectivity index (χ1n) is 10.4. The molecule has 29 heavy (non-hydrogen) atoms. The molecule has 0 unspecified atom stereocenters. The van der Waals surface area contributed by atoms with Gasteiger partial charge in [-0.1, -0.05) is 0 Å². The van der Waals surface area contributed by atoms with Crippen molar-refractivity contribution in [3.05, 3.63) is 48.0 Å². The summed E-state index contributed by atoms with van der Waals surface area (Å²) in [5.74, 6) is 0.853. The Balaban J connectivity index is 1.81. The van der Waals surface area contributed by atoms with Crippen molar-refractivity contribution in [2.24, 2.45) is 0 Å². The Morgan fingerprint density at radius 2 is 1.72 bits per heavy atom. The number of fused-ring (bicyclic) bond motifs is 1. The molecule has 2 heterocycles. The van der Waals surface area contributed by atoms with Crippen molar-refractivity contribution in [3.63, 3.8) is 0 Å². The van der Waals surface area contributed by atoms with Crippen molar-refractivity contribution in [1.82, 2.24) is 9.47 Å². The summed E-state index contributed by atoms with van der Waals surface area (Å²) in [6.07, 6.45) is 0. The first-order chi connectivity index (χ1) is 14.2. The topological polar surface area (TPSA) is 44.4 Å². The van der Waals surface area contributed by atoms with Gasteiger partial charge in [0.2, 0.25) is 0 Å². The number of rotatable bonds is 5. The zero-order valence-corrected chi connectivity index (χ0v) is 17.5. The maximum atomic E-state index is 9.97. The van der Waals surface area contributed by atoms with Gasteiger partial charge < -0.3 is 19.1 Å². The maximum Gasteiger partial charge on any atom is 0.119 e. The van der Waals surface area contributed by atoms with Gasteiger partial charge in [-0.25, -0.2) is 0 Å².